The van der Waals surface area contributed by atoms with Crippen molar-refractivity contribution in [2.24, 2.45) is 5.92 Å². The highest BCUT2D eigenvalue weighted by atomic mass is 35.5. The molecule has 20 heavy (non-hydrogen) atoms. The first-order valence-corrected chi connectivity index (χ1v) is 7.82. The zero-order valence-corrected chi connectivity index (χ0v) is 13.1. The van der Waals surface area contributed by atoms with Gasteiger partial charge in [0.15, 0.2) is 0 Å². The average molecular weight is 299 g/mol. The van der Waals surface area contributed by atoms with Gasteiger partial charge in [0.05, 0.1) is 0 Å². The monoisotopic (exact) mass is 298 g/mol. The third-order valence-corrected chi connectivity index (χ3v) is 4.15. The number of halogens is 2. The van der Waals surface area contributed by atoms with Gasteiger partial charge < -0.3 is 5.32 Å². The lowest BCUT2D eigenvalue weighted by atomic mass is 9.98. The van der Waals surface area contributed by atoms with Gasteiger partial charge in [0.25, 0.3) is 0 Å². The molecule has 0 bridgehead atoms. The molecule has 2 nitrogen and oxygen atoms in total. The van der Waals surface area contributed by atoms with E-state index in [1.165, 1.54) is 18.9 Å². The molecule has 4 heteroatoms. The first kappa shape index (κ1) is 15.7. The minimum atomic E-state index is -0.254. The number of hydrogen-bond acceptors (Lipinski definition) is 2. The minimum absolute atomic E-state index is 0.254. The van der Waals surface area contributed by atoms with E-state index in [4.69, 9.17) is 11.6 Å². The van der Waals surface area contributed by atoms with Crippen molar-refractivity contribution in [3.05, 3.63) is 34.6 Å². The quantitative estimate of drug-likeness (QED) is 0.892. The molecule has 112 valence electrons. The Balaban J connectivity index is 2.00. The van der Waals surface area contributed by atoms with Gasteiger partial charge in [-0.25, -0.2) is 4.39 Å². The maximum absolute atomic E-state index is 13.4. The van der Waals surface area contributed by atoms with Gasteiger partial charge in [-0.1, -0.05) is 11.6 Å². The van der Waals surface area contributed by atoms with Gasteiger partial charge in [0.2, 0.25) is 0 Å². The molecule has 1 aliphatic heterocycles. The summed E-state index contributed by atoms with van der Waals surface area (Å²) in [5.41, 5.74) is 0.951. The first-order chi connectivity index (χ1) is 9.54. The van der Waals surface area contributed by atoms with Crippen LogP contribution in [0.2, 0.25) is 5.02 Å². The molecule has 0 spiro atoms. The van der Waals surface area contributed by atoms with Gasteiger partial charge >= 0.3 is 0 Å². The number of nitrogens with one attached hydrogen (secondary N) is 1. The molecule has 1 heterocycles. The molecule has 0 aliphatic carbocycles. The van der Waals surface area contributed by atoms with Crippen LogP contribution in [0.5, 0.6) is 0 Å². The minimum Gasteiger partial charge on any atom is -0.316 e. The summed E-state index contributed by atoms with van der Waals surface area (Å²) < 4.78 is 13.4. The van der Waals surface area contributed by atoms with Gasteiger partial charge in [-0.05, 0) is 69.5 Å². The summed E-state index contributed by atoms with van der Waals surface area (Å²) in [4.78, 5) is 2.41. The van der Waals surface area contributed by atoms with Crippen LogP contribution in [0.3, 0.4) is 0 Å². The van der Waals surface area contributed by atoms with Crippen LogP contribution in [-0.4, -0.2) is 30.6 Å². The highest BCUT2D eigenvalue weighted by Gasteiger charge is 2.19. The van der Waals surface area contributed by atoms with Crippen LogP contribution >= 0.6 is 11.6 Å². The van der Waals surface area contributed by atoms with Gasteiger partial charge in [-0.15, -0.1) is 0 Å². The van der Waals surface area contributed by atoms with Crippen molar-refractivity contribution in [2.75, 3.05) is 19.6 Å². The lowest BCUT2D eigenvalue weighted by Gasteiger charge is -2.32. The standard InChI is InChI=1S/C16H24ClFN2/c1-12(2)20(10-13-4-3-5-19-9-13)11-14-6-15(17)8-16(18)7-14/h6-8,12-13,19H,3-5,9-11H2,1-2H3. The Morgan fingerprint density at radius 2 is 2.20 bits per heavy atom. The molecule has 1 aliphatic rings. The van der Waals surface area contributed by atoms with E-state index in [9.17, 15) is 4.39 Å². The summed E-state index contributed by atoms with van der Waals surface area (Å²) in [6.07, 6.45) is 2.53. The second-order valence-corrected chi connectivity index (χ2v) is 6.45. The highest BCUT2D eigenvalue weighted by molar-refractivity contribution is 6.30. The maximum Gasteiger partial charge on any atom is 0.125 e. The van der Waals surface area contributed by atoms with Gasteiger partial charge in [0, 0.05) is 24.2 Å². The number of rotatable bonds is 5. The van der Waals surface area contributed by atoms with E-state index in [-0.39, 0.29) is 5.82 Å². The van der Waals surface area contributed by atoms with E-state index in [1.807, 2.05) is 6.07 Å². The van der Waals surface area contributed by atoms with E-state index in [2.05, 4.69) is 24.1 Å². The summed E-state index contributed by atoms with van der Waals surface area (Å²) in [5, 5.41) is 3.93. The van der Waals surface area contributed by atoms with Crippen LogP contribution in [0.25, 0.3) is 0 Å². The molecular weight excluding hydrogens is 275 g/mol. The molecule has 1 N–H and O–H groups in total. The molecule has 1 atom stereocenters. The lowest BCUT2D eigenvalue weighted by Crippen LogP contribution is -2.40. The summed E-state index contributed by atoms with van der Waals surface area (Å²) in [6.45, 7) is 8.42. The Hall–Kier alpha value is -0.640. The fraction of sp³-hybridized carbons (Fsp3) is 0.625. The Bertz CT molecular complexity index is 410. The molecular formula is C16H24ClFN2. The first-order valence-electron chi connectivity index (χ1n) is 7.44. The van der Waals surface area contributed by atoms with Crippen molar-refractivity contribution in [3.63, 3.8) is 0 Å². The Morgan fingerprint density at radius 1 is 1.40 bits per heavy atom. The summed E-state index contributed by atoms with van der Waals surface area (Å²) in [5.74, 6) is 0.436. The van der Waals surface area contributed by atoms with E-state index >= 15 is 0 Å². The average Bonchev–Trinajstić information content (AvgIpc) is 2.38. The Labute approximate surface area is 126 Å². The third kappa shape index (κ3) is 4.72. The second kappa shape index (κ2) is 7.39. The van der Waals surface area contributed by atoms with E-state index in [0.29, 0.717) is 17.0 Å². The summed E-state index contributed by atoms with van der Waals surface area (Å²) in [6, 6.07) is 5.24. The zero-order valence-electron chi connectivity index (χ0n) is 12.3. The predicted molar refractivity (Wildman–Crippen MR) is 82.5 cm³/mol. The van der Waals surface area contributed by atoms with Crippen molar-refractivity contribution in [2.45, 2.75) is 39.3 Å². The number of piperidine rings is 1. The van der Waals surface area contributed by atoms with Gasteiger partial charge in [-0.2, -0.15) is 0 Å². The van der Waals surface area contributed by atoms with Crippen LogP contribution in [0.1, 0.15) is 32.3 Å². The number of hydrogen-bond donors (Lipinski definition) is 1. The normalized spacial score (nSPS) is 19.8. The van der Waals surface area contributed by atoms with E-state index in [1.54, 1.807) is 6.07 Å². The second-order valence-electron chi connectivity index (χ2n) is 6.01. The van der Waals surface area contributed by atoms with E-state index in [0.717, 1.165) is 31.7 Å². The van der Waals surface area contributed by atoms with Crippen molar-refractivity contribution in [3.8, 4) is 0 Å². The van der Waals surface area contributed by atoms with Crippen molar-refractivity contribution in [1.29, 1.82) is 0 Å². The highest BCUT2D eigenvalue weighted by Crippen LogP contribution is 2.19. The molecule has 0 radical (unpaired) electrons. The molecule has 1 fully saturated rings. The van der Waals surface area contributed by atoms with Gasteiger partial charge in [-0.3, -0.25) is 4.90 Å². The van der Waals surface area contributed by atoms with Crippen LogP contribution in [-0.2, 0) is 6.54 Å². The van der Waals surface area contributed by atoms with Crippen LogP contribution < -0.4 is 5.32 Å². The molecule has 1 unspecified atom stereocenters. The summed E-state index contributed by atoms with van der Waals surface area (Å²) in [7, 11) is 0. The fourth-order valence-corrected chi connectivity index (χ4v) is 3.05. The molecule has 1 saturated heterocycles. The maximum atomic E-state index is 13.4. The SMILES string of the molecule is CC(C)N(Cc1cc(F)cc(Cl)c1)CC1CCCNC1. The zero-order chi connectivity index (χ0) is 14.5. The van der Waals surface area contributed by atoms with E-state index < -0.39 is 0 Å². The molecule has 0 saturated carbocycles. The third-order valence-electron chi connectivity index (χ3n) is 3.93. The largest absolute Gasteiger partial charge is 0.316 e. The van der Waals surface area contributed by atoms with Crippen molar-refractivity contribution in [1.82, 2.24) is 10.2 Å². The smallest absolute Gasteiger partial charge is 0.125 e. The summed E-state index contributed by atoms with van der Waals surface area (Å²) >= 11 is 5.94. The van der Waals surface area contributed by atoms with Crippen LogP contribution in [0.15, 0.2) is 18.2 Å². The Morgan fingerprint density at radius 3 is 2.80 bits per heavy atom. The molecule has 2 rings (SSSR count). The lowest BCUT2D eigenvalue weighted by molar-refractivity contribution is 0.164. The topological polar surface area (TPSA) is 15.3 Å². The van der Waals surface area contributed by atoms with Crippen molar-refractivity contribution >= 4 is 11.6 Å². The van der Waals surface area contributed by atoms with Gasteiger partial charge in [0.1, 0.15) is 5.82 Å². The molecule has 0 amide bonds. The number of nitrogens with zero attached hydrogens (tertiary/aromatic N) is 1. The Kier molecular flexibility index (Phi) is 5.82. The fourth-order valence-electron chi connectivity index (χ4n) is 2.81. The molecule has 1 aromatic carbocycles. The number of benzene rings is 1. The van der Waals surface area contributed by atoms with Crippen molar-refractivity contribution < 1.29 is 4.39 Å². The van der Waals surface area contributed by atoms with Crippen LogP contribution in [0, 0.1) is 11.7 Å². The predicted octanol–water partition coefficient (Wildman–Crippen LogP) is 3.69. The molecule has 0 aromatic heterocycles. The van der Waals surface area contributed by atoms with Crippen LogP contribution in [0.4, 0.5) is 4.39 Å². The molecule has 1 aromatic rings.